The molecule has 0 N–H and O–H groups in total. The summed E-state index contributed by atoms with van der Waals surface area (Å²) in [6, 6.07) is 12.2. The Morgan fingerprint density at radius 1 is 1.05 bits per heavy atom. The molecule has 1 saturated heterocycles. The van der Waals surface area contributed by atoms with Gasteiger partial charge in [-0.25, -0.2) is 13.2 Å². The molecule has 1 aliphatic carbocycles. The Labute approximate surface area is 262 Å². The predicted molar refractivity (Wildman–Crippen MR) is 159 cm³/mol. The van der Waals surface area contributed by atoms with Crippen LogP contribution in [0.25, 0.3) is 0 Å². The zero-order chi connectivity index (χ0) is 30.6. The maximum Gasteiger partial charge on any atom is 0.387 e. The summed E-state index contributed by atoms with van der Waals surface area (Å²) in [7, 11) is -3.99. The van der Waals surface area contributed by atoms with Gasteiger partial charge in [0.1, 0.15) is 6.10 Å². The molecule has 5 rings (SSSR count). The van der Waals surface area contributed by atoms with Gasteiger partial charge in [-0.3, -0.25) is 4.98 Å². The van der Waals surface area contributed by atoms with Gasteiger partial charge in [-0.1, -0.05) is 47.5 Å². The average Bonchev–Trinajstić information content (AvgIpc) is 3.69. The molecule has 1 aliphatic heterocycles. The summed E-state index contributed by atoms with van der Waals surface area (Å²) in [5.74, 6) is -0.472. The van der Waals surface area contributed by atoms with Crippen molar-refractivity contribution in [3.63, 3.8) is 0 Å². The maximum atomic E-state index is 13.7. The van der Waals surface area contributed by atoms with Gasteiger partial charge in [0.05, 0.1) is 21.0 Å². The highest BCUT2D eigenvalue weighted by molar-refractivity contribution is 8.02. The molecule has 3 aromatic rings. The minimum absolute atomic E-state index is 0.00727. The van der Waals surface area contributed by atoms with E-state index in [0.717, 1.165) is 41.8 Å². The maximum absolute atomic E-state index is 13.7. The van der Waals surface area contributed by atoms with E-state index in [1.165, 1.54) is 42.7 Å². The van der Waals surface area contributed by atoms with Gasteiger partial charge in [0.2, 0.25) is 10.0 Å². The van der Waals surface area contributed by atoms with Crippen LogP contribution in [-0.4, -0.2) is 54.1 Å². The van der Waals surface area contributed by atoms with Crippen LogP contribution in [0.4, 0.5) is 8.78 Å². The van der Waals surface area contributed by atoms with E-state index in [2.05, 4.69) is 4.98 Å². The van der Waals surface area contributed by atoms with Crippen molar-refractivity contribution >= 4 is 51.0 Å². The van der Waals surface area contributed by atoms with Gasteiger partial charge in [-0.15, -0.1) is 11.8 Å². The van der Waals surface area contributed by atoms with E-state index < -0.39 is 34.1 Å². The molecule has 0 radical (unpaired) electrons. The van der Waals surface area contributed by atoms with Gasteiger partial charge >= 0.3 is 12.6 Å². The largest absolute Gasteiger partial charge is 0.487 e. The first-order chi connectivity index (χ1) is 20.6. The van der Waals surface area contributed by atoms with Crippen LogP contribution in [-0.2, 0) is 26.0 Å². The summed E-state index contributed by atoms with van der Waals surface area (Å²) < 4.78 is 71.1. The van der Waals surface area contributed by atoms with Gasteiger partial charge in [-0.05, 0) is 61.1 Å². The number of thioether (sulfide) groups is 1. The van der Waals surface area contributed by atoms with Gasteiger partial charge in [0, 0.05) is 31.1 Å². The zero-order valence-corrected chi connectivity index (χ0v) is 25.8. The van der Waals surface area contributed by atoms with E-state index in [9.17, 15) is 22.0 Å². The van der Waals surface area contributed by atoms with Crippen LogP contribution in [0.3, 0.4) is 0 Å². The normalized spacial score (nSPS) is 18.6. The third-order valence-electron chi connectivity index (χ3n) is 7.15. The number of alkyl halides is 2. The zero-order valence-electron chi connectivity index (χ0n) is 22.7. The number of sulfonamides is 1. The SMILES string of the molecule is O=C(O[C@@H](Cc1c(Cl)cncc1Cl)c1ccc(OC(F)F)c(OC2CCCC2)c1)[C@@H]1SCCN1S(=O)(=O)c1ccccc1. The van der Waals surface area contributed by atoms with E-state index in [4.69, 9.17) is 37.4 Å². The average molecular weight is 674 g/mol. The number of carbonyl (C=O) groups is 1. The molecule has 1 aromatic heterocycles. The molecule has 0 bridgehead atoms. The lowest BCUT2D eigenvalue weighted by molar-refractivity contribution is -0.150. The number of aromatic nitrogens is 1. The molecule has 1 saturated carbocycles. The van der Waals surface area contributed by atoms with Crippen molar-refractivity contribution < 1.29 is 36.2 Å². The molecule has 2 aromatic carbocycles. The Balaban J connectivity index is 1.48. The minimum atomic E-state index is -3.99. The monoisotopic (exact) mass is 672 g/mol. The number of esters is 1. The first kappa shape index (κ1) is 31.8. The van der Waals surface area contributed by atoms with Crippen molar-refractivity contribution in [3.05, 3.63) is 82.1 Å². The van der Waals surface area contributed by atoms with Crippen molar-refractivity contribution in [2.75, 3.05) is 12.3 Å². The molecular weight excluding hydrogens is 645 g/mol. The fourth-order valence-corrected chi connectivity index (χ4v) is 8.64. The Hall–Kier alpha value is -2.64. The summed E-state index contributed by atoms with van der Waals surface area (Å²) in [6.45, 7) is -2.95. The Bertz CT molecular complexity index is 1520. The quantitative estimate of drug-likeness (QED) is 0.203. The molecule has 230 valence electrons. The Kier molecular flexibility index (Phi) is 10.3. The summed E-state index contributed by atoms with van der Waals surface area (Å²) in [4.78, 5) is 17.7. The highest BCUT2D eigenvalue weighted by Crippen LogP contribution is 2.39. The lowest BCUT2D eigenvalue weighted by Crippen LogP contribution is -2.40. The highest BCUT2D eigenvalue weighted by Gasteiger charge is 2.42. The minimum Gasteiger partial charge on any atom is -0.487 e. The Morgan fingerprint density at radius 2 is 1.74 bits per heavy atom. The van der Waals surface area contributed by atoms with Gasteiger partial charge in [0.15, 0.2) is 16.9 Å². The van der Waals surface area contributed by atoms with Crippen LogP contribution in [0, 0.1) is 0 Å². The smallest absolute Gasteiger partial charge is 0.387 e. The number of rotatable bonds is 11. The first-order valence-electron chi connectivity index (χ1n) is 13.6. The number of hydrogen-bond donors (Lipinski definition) is 0. The van der Waals surface area contributed by atoms with Crippen LogP contribution >= 0.6 is 35.0 Å². The van der Waals surface area contributed by atoms with Crippen LogP contribution in [0.15, 0.2) is 65.8 Å². The van der Waals surface area contributed by atoms with E-state index in [1.807, 2.05) is 0 Å². The molecule has 8 nitrogen and oxygen atoms in total. The van der Waals surface area contributed by atoms with Crippen LogP contribution in [0.1, 0.15) is 42.9 Å². The van der Waals surface area contributed by atoms with E-state index >= 15 is 0 Å². The number of benzene rings is 2. The van der Waals surface area contributed by atoms with E-state index in [0.29, 0.717) is 16.9 Å². The second-order valence-electron chi connectivity index (χ2n) is 9.97. The molecule has 14 heteroatoms. The fraction of sp³-hybridized carbons (Fsp3) is 0.379. The van der Waals surface area contributed by atoms with Crippen molar-refractivity contribution in [2.45, 2.75) is 61.2 Å². The van der Waals surface area contributed by atoms with Crippen LogP contribution in [0.5, 0.6) is 11.5 Å². The van der Waals surface area contributed by atoms with E-state index in [1.54, 1.807) is 18.2 Å². The van der Waals surface area contributed by atoms with Gasteiger partial charge in [0.25, 0.3) is 0 Å². The number of ether oxygens (including phenoxy) is 3. The van der Waals surface area contributed by atoms with Crippen LogP contribution < -0.4 is 9.47 Å². The topological polar surface area (TPSA) is 95.0 Å². The number of halogens is 4. The lowest BCUT2D eigenvalue weighted by Gasteiger charge is -2.26. The molecular formula is C29H28Cl2F2N2O6S2. The Morgan fingerprint density at radius 3 is 2.42 bits per heavy atom. The third-order valence-corrected chi connectivity index (χ3v) is 11.0. The van der Waals surface area contributed by atoms with Gasteiger partial charge in [-0.2, -0.15) is 13.1 Å². The van der Waals surface area contributed by atoms with Crippen molar-refractivity contribution in [1.82, 2.24) is 9.29 Å². The number of carbonyl (C=O) groups excluding carboxylic acids is 1. The summed E-state index contributed by atoms with van der Waals surface area (Å²) in [5.41, 5.74) is 0.836. The molecule has 43 heavy (non-hydrogen) atoms. The van der Waals surface area contributed by atoms with Gasteiger partial charge < -0.3 is 14.2 Å². The summed E-state index contributed by atoms with van der Waals surface area (Å²) >= 11 is 13.9. The number of nitrogens with zero attached hydrogens (tertiary/aromatic N) is 2. The second kappa shape index (κ2) is 14.0. The van der Waals surface area contributed by atoms with Crippen molar-refractivity contribution in [3.8, 4) is 11.5 Å². The summed E-state index contributed by atoms with van der Waals surface area (Å²) in [5, 5.41) is -0.680. The molecule has 2 atom stereocenters. The fourth-order valence-electron chi connectivity index (χ4n) is 5.05. The van der Waals surface area contributed by atoms with E-state index in [-0.39, 0.29) is 45.5 Å². The van der Waals surface area contributed by atoms with Crippen LogP contribution in [0.2, 0.25) is 10.0 Å². The molecule has 0 spiro atoms. The lowest BCUT2D eigenvalue weighted by atomic mass is 10.0. The predicted octanol–water partition coefficient (Wildman–Crippen LogP) is 6.90. The molecule has 0 unspecified atom stereocenters. The second-order valence-corrected chi connectivity index (χ2v) is 13.9. The highest BCUT2D eigenvalue weighted by atomic mass is 35.5. The van der Waals surface area contributed by atoms with Crippen molar-refractivity contribution in [1.29, 1.82) is 0 Å². The number of hydrogen-bond acceptors (Lipinski definition) is 8. The molecule has 2 fully saturated rings. The third kappa shape index (κ3) is 7.54. The summed E-state index contributed by atoms with van der Waals surface area (Å²) in [6.07, 6.45) is 5.02. The van der Waals surface area contributed by atoms with Crippen molar-refractivity contribution in [2.24, 2.45) is 0 Å². The number of pyridine rings is 1. The molecule has 0 amide bonds. The molecule has 2 aliphatic rings. The first-order valence-corrected chi connectivity index (χ1v) is 16.8. The molecule has 2 heterocycles. The standard InChI is InChI=1S/C29H28Cl2F2N2O6S2/c30-22-16-34-17-23(31)21(22)15-25(18-10-11-24(41-29(32)33)26(14-18)39-19-6-4-5-7-19)40-28(36)27-35(12-13-42-27)43(37,38)20-8-2-1-3-9-20/h1-3,8-11,14,16-17,19,25,27,29H,4-7,12-13,15H2/t25-,27-/m0/s1.